The maximum Gasteiger partial charge on any atom is 0.174 e. The third kappa shape index (κ3) is 4.39. The number of halogens is 1. The minimum atomic E-state index is -1.29. The van der Waals surface area contributed by atoms with Gasteiger partial charge in [0.25, 0.3) is 0 Å². The fourth-order valence-corrected chi connectivity index (χ4v) is 25.1. The molecular formula is C11H24ClOPSi2. The molecule has 0 N–H and O–H groups in total. The van der Waals surface area contributed by atoms with Crippen molar-refractivity contribution >= 4 is 34.7 Å². The zero-order chi connectivity index (χ0) is 13.1. The Kier molecular flexibility index (Phi) is 6.06. The highest BCUT2D eigenvalue weighted by atomic mass is 35.7. The van der Waals surface area contributed by atoms with Gasteiger partial charge in [0, 0.05) is 0 Å². The first-order valence-corrected chi connectivity index (χ1v) is 14.9. The summed E-state index contributed by atoms with van der Waals surface area (Å²) in [5.74, 6) is 0. The molecule has 0 bridgehead atoms. The van der Waals surface area contributed by atoms with Gasteiger partial charge < -0.3 is 4.74 Å². The predicted octanol–water partition coefficient (Wildman–Crippen LogP) is 5.02. The molecule has 0 spiro atoms. The lowest BCUT2D eigenvalue weighted by molar-refractivity contribution is 0.324. The lowest BCUT2D eigenvalue weighted by Crippen LogP contribution is -2.52. The SMILES string of the molecule is C=C=C(OC)P(Cl)C([Si](C)(C)C)[Si](C)(C)C. The van der Waals surface area contributed by atoms with Gasteiger partial charge in [-0.1, -0.05) is 62.8 Å². The van der Waals surface area contributed by atoms with Crippen LogP contribution < -0.4 is 0 Å². The minimum absolute atomic E-state index is 0.626. The summed E-state index contributed by atoms with van der Waals surface area (Å²) in [5, 5.41) is 0. The molecule has 5 heteroatoms. The number of rotatable bonds is 5. The fourth-order valence-electron chi connectivity index (χ4n) is 2.33. The smallest absolute Gasteiger partial charge is 0.174 e. The first-order valence-electron chi connectivity index (χ1n) is 5.44. The molecule has 0 heterocycles. The highest BCUT2D eigenvalue weighted by molar-refractivity contribution is 7.91. The van der Waals surface area contributed by atoms with Gasteiger partial charge in [-0.15, -0.1) is 0 Å². The van der Waals surface area contributed by atoms with Gasteiger partial charge in [0.2, 0.25) is 0 Å². The number of methoxy groups -OCH3 is 1. The van der Waals surface area contributed by atoms with Crippen LogP contribution in [0.1, 0.15) is 0 Å². The Morgan fingerprint density at radius 2 is 1.56 bits per heavy atom. The first kappa shape index (κ1) is 16.5. The zero-order valence-electron chi connectivity index (χ0n) is 11.5. The molecule has 1 unspecified atom stereocenters. The highest BCUT2D eigenvalue weighted by Crippen LogP contribution is 2.59. The molecule has 0 aromatic carbocycles. The van der Waals surface area contributed by atoms with Crippen molar-refractivity contribution in [1.29, 1.82) is 0 Å². The van der Waals surface area contributed by atoms with E-state index in [1.807, 2.05) is 0 Å². The van der Waals surface area contributed by atoms with Crippen LogP contribution in [-0.2, 0) is 4.74 Å². The van der Waals surface area contributed by atoms with Crippen molar-refractivity contribution in [2.75, 3.05) is 7.11 Å². The molecule has 0 aliphatic carbocycles. The van der Waals surface area contributed by atoms with Crippen molar-refractivity contribution in [3.05, 3.63) is 17.8 Å². The Morgan fingerprint density at radius 3 is 1.75 bits per heavy atom. The third-order valence-corrected chi connectivity index (χ3v) is 20.3. The summed E-state index contributed by atoms with van der Waals surface area (Å²) in [6.45, 7) is 18.0. The van der Waals surface area contributed by atoms with Crippen molar-refractivity contribution in [2.24, 2.45) is 0 Å². The van der Waals surface area contributed by atoms with Gasteiger partial charge in [0.1, 0.15) is 0 Å². The van der Waals surface area contributed by atoms with Crippen LogP contribution in [0, 0.1) is 0 Å². The molecule has 0 aliphatic heterocycles. The molecule has 1 nitrogen and oxygen atoms in total. The summed E-state index contributed by atoms with van der Waals surface area (Å²) in [4.78, 5) is 0.626. The van der Waals surface area contributed by atoms with Crippen LogP contribution in [0.25, 0.3) is 0 Å². The number of ether oxygens (including phenoxy) is 1. The van der Waals surface area contributed by atoms with E-state index in [2.05, 4.69) is 51.6 Å². The molecule has 0 rings (SSSR count). The van der Waals surface area contributed by atoms with E-state index in [1.54, 1.807) is 7.11 Å². The van der Waals surface area contributed by atoms with E-state index in [4.69, 9.17) is 16.0 Å². The van der Waals surface area contributed by atoms with E-state index >= 15 is 0 Å². The second-order valence-corrected chi connectivity index (χ2v) is 20.9. The average molecular weight is 295 g/mol. The Bertz CT molecular complexity index is 273. The monoisotopic (exact) mass is 294 g/mol. The first-order chi connectivity index (χ1) is 7.05. The molecular weight excluding hydrogens is 271 g/mol. The normalized spacial score (nSPS) is 14.6. The van der Waals surface area contributed by atoms with Gasteiger partial charge in [-0.05, 0) is 4.91 Å². The third-order valence-electron chi connectivity index (χ3n) is 2.41. The molecule has 0 fully saturated rings. The van der Waals surface area contributed by atoms with Gasteiger partial charge in [-0.2, -0.15) is 0 Å². The average Bonchev–Trinajstić information content (AvgIpc) is 2.00. The maximum absolute atomic E-state index is 6.65. The van der Waals surface area contributed by atoms with Crippen LogP contribution in [0.15, 0.2) is 17.8 Å². The van der Waals surface area contributed by atoms with Gasteiger partial charge in [0.05, 0.1) is 30.5 Å². The van der Waals surface area contributed by atoms with Crippen molar-refractivity contribution in [3.8, 4) is 0 Å². The van der Waals surface area contributed by atoms with Crippen molar-refractivity contribution in [3.63, 3.8) is 0 Å². The van der Waals surface area contributed by atoms with Crippen LogP contribution in [0.3, 0.4) is 0 Å². The van der Waals surface area contributed by atoms with Gasteiger partial charge >= 0.3 is 0 Å². The molecule has 0 aliphatic rings. The standard InChI is InChI=1S/C11H24ClOPSi2/c1-9-10(13-2)14(12)11(15(3,4)5)16(6,7)8/h11H,1H2,2-8H3. The summed E-state index contributed by atoms with van der Waals surface area (Å²) in [6, 6.07) is 0. The Balaban J connectivity index is 5.31. The minimum Gasteiger partial charge on any atom is -0.488 e. The molecule has 0 aromatic rings. The lowest BCUT2D eigenvalue weighted by Gasteiger charge is -2.40. The Labute approximate surface area is 108 Å². The molecule has 1 atom stereocenters. The summed E-state index contributed by atoms with van der Waals surface area (Å²) >= 11 is 6.65. The molecule has 0 saturated carbocycles. The van der Waals surface area contributed by atoms with E-state index in [-0.39, 0.29) is 0 Å². The van der Waals surface area contributed by atoms with E-state index in [0.717, 1.165) is 5.50 Å². The lowest BCUT2D eigenvalue weighted by atomic mass is 10.9. The molecule has 0 aromatic heterocycles. The van der Waals surface area contributed by atoms with E-state index in [9.17, 15) is 0 Å². The van der Waals surface area contributed by atoms with Crippen LogP contribution in [0.4, 0.5) is 0 Å². The quantitative estimate of drug-likeness (QED) is 0.299. The molecule has 94 valence electrons. The second-order valence-electron chi connectivity index (χ2n) is 6.13. The molecule has 16 heavy (non-hydrogen) atoms. The van der Waals surface area contributed by atoms with Crippen molar-refractivity contribution in [1.82, 2.24) is 0 Å². The largest absolute Gasteiger partial charge is 0.488 e. The Morgan fingerprint density at radius 1 is 1.19 bits per heavy atom. The van der Waals surface area contributed by atoms with Crippen molar-refractivity contribution in [2.45, 2.75) is 44.2 Å². The van der Waals surface area contributed by atoms with Gasteiger partial charge in [-0.25, -0.2) is 0 Å². The molecule has 0 radical (unpaired) electrons. The second kappa shape index (κ2) is 5.88. The topological polar surface area (TPSA) is 9.23 Å². The summed E-state index contributed by atoms with van der Waals surface area (Å²) < 4.78 is 5.32. The number of hydrogen-bond acceptors (Lipinski definition) is 1. The van der Waals surface area contributed by atoms with E-state index in [1.165, 1.54) is 0 Å². The van der Waals surface area contributed by atoms with E-state index in [0.29, 0.717) is 4.91 Å². The highest BCUT2D eigenvalue weighted by Gasteiger charge is 2.44. The maximum atomic E-state index is 6.65. The zero-order valence-corrected chi connectivity index (χ0v) is 15.2. The van der Waals surface area contributed by atoms with Crippen LogP contribution in [-0.4, -0.2) is 28.2 Å². The summed E-state index contributed by atoms with van der Waals surface area (Å²) in [6.07, 6.45) is 0. The summed E-state index contributed by atoms with van der Waals surface area (Å²) in [7, 11) is -1.68. The van der Waals surface area contributed by atoms with Crippen LogP contribution in [0.5, 0.6) is 0 Å². The van der Waals surface area contributed by atoms with Gasteiger partial charge in [0.15, 0.2) is 5.50 Å². The van der Waals surface area contributed by atoms with Crippen LogP contribution in [0.2, 0.25) is 39.3 Å². The molecule has 0 amide bonds. The van der Waals surface area contributed by atoms with E-state index < -0.39 is 23.4 Å². The predicted molar refractivity (Wildman–Crippen MR) is 82.9 cm³/mol. The van der Waals surface area contributed by atoms with Gasteiger partial charge in [-0.3, -0.25) is 0 Å². The number of hydrogen-bond donors (Lipinski definition) is 0. The van der Waals surface area contributed by atoms with Crippen molar-refractivity contribution < 1.29 is 4.74 Å². The summed E-state index contributed by atoms with van der Waals surface area (Å²) in [5.41, 5.74) is 3.63. The fraction of sp³-hybridized carbons (Fsp3) is 0.727. The van der Waals surface area contributed by atoms with Crippen LogP contribution >= 0.6 is 18.5 Å². The Hall–Kier alpha value is 0.474. The molecule has 0 saturated heterocycles.